The van der Waals surface area contributed by atoms with Gasteiger partial charge in [-0.2, -0.15) is 23.5 Å². The van der Waals surface area contributed by atoms with Crippen molar-refractivity contribution in [1.82, 2.24) is 0 Å². The van der Waals surface area contributed by atoms with Gasteiger partial charge in [0, 0.05) is 32.8 Å². The van der Waals surface area contributed by atoms with Gasteiger partial charge in [0.2, 0.25) is 0 Å². The molecule has 0 spiro atoms. The Morgan fingerprint density at radius 3 is 1.34 bits per heavy atom. The smallest absolute Gasteiger partial charge is 0.0717 e. The van der Waals surface area contributed by atoms with Gasteiger partial charge in [0.15, 0.2) is 0 Å². The molecule has 0 saturated carbocycles. The molecule has 2 aliphatic heterocycles. The first-order valence-corrected chi connectivity index (χ1v) is 18.0. The Kier molecular flexibility index (Phi) is 10.8. The van der Waals surface area contributed by atoms with E-state index in [4.69, 9.17) is 0 Å². The maximum Gasteiger partial charge on any atom is 0.0717 e. The number of thioether (sulfide) groups is 8. The Hall–Kier alpha value is 0.460. The molecule has 0 nitrogen and oxygen atoms in total. The van der Waals surface area contributed by atoms with Crippen LogP contribution < -0.4 is 0 Å². The third-order valence-electron chi connectivity index (χ3n) is 4.51. The average Bonchev–Trinajstić information content (AvgIpc) is 3.44. The summed E-state index contributed by atoms with van der Waals surface area (Å²) in [5.74, 6) is 4.34. The summed E-state index contributed by atoms with van der Waals surface area (Å²) in [4.78, 5) is 3.12. The van der Waals surface area contributed by atoms with Crippen LogP contribution in [0.3, 0.4) is 0 Å². The lowest BCUT2D eigenvalue weighted by atomic mass is 10.2. The van der Waals surface area contributed by atoms with E-state index in [9.17, 15) is 0 Å². The highest BCUT2D eigenvalue weighted by Crippen LogP contribution is 2.63. The minimum absolute atomic E-state index is 1.07. The molecule has 0 bridgehead atoms. The van der Waals surface area contributed by atoms with Crippen LogP contribution in [0.4, 0.5) is 0 Å². The van der Waals surface area contributed by atoms with Gasteiger partial charge in [0.05, 0.1) is 16.9 Å². The maximum atomic E-state index is 2.23. The standard InChI is InChI=1S/C24H24S8/c1-25-21-22(26-2)32-24(31-21)23-29-19(15-27-13-17-9-5-3-6-10-17)20(30-23)16-28-14-18-11-7-4-8-12-18/h3-12H,13-16H2,1-2H3. The van der Waals surface area contributed by atoms with Crippen molar-refractivity contribution in [2.45, 2.75) is 11.5 Å². The minimum Gasteiger partial charge on any atom is -0.152 e. The molecule has 0 aliphatic carbocycles. The van der Waals surface area contributed by atoms with Crippen LogP contribution in [0.2, 0.25) is 0 Å². The highest BCUT2D eigenvalue weighted by molar-refractivity contribution is 8.42. The van der Waals surface area contributed by atoms with Crippen LogP contribution in [-0.2, 0) is 11.5 Å². The van der Waals surface area contributed by atoms with Gasteiger partial charge in [0.25, 0.3) is 0 Å². The Bertz CT molecular complexity index is 918. The van der Waals surface area contributed by atoms with E-state index in [-0.39, 0.29) is 0 Å². The minimum atomic E-state index is 1.07. The van der Waals surface area contributed by atoms with Gasteiger partial charge in [-0.15, -0.1) is 23.5 Å². The monoisotopic (exact) mass is 568 g/mol. The van der Waals surface area contributed by atoms with Crippen molar-refractivity contribution in [3.8, 4) is 0 Å². The van der Waals surface area contributed by atoms with Crippen molar-refractivity contribution in [1.29, 1.82) is 0 Å². The lowest BCUT2D eigenvalue weighted by Gasteiger charge is -2.06. The van der Waals surface area contributed by atoms with Crippen molar-refractivity contribution in [2.24, 2.45) is 0 Å². The molecule has 168 valence electrons. The van der Waals surface area contributed by atoms with Crippen molar-refractivity contribution < 1.29 is 0 Å². The fourth-order valence-electron chi connectivity index (χ4n) is 2.94. The fraction of sp³-hybridized carbons (Fsp3) is 0.250. The molecule has 0 amide bonds. The topological polar surface area (TPSA) is 0 Å². The van der Waals surface area contributed by atoms with E-state index in [1.165, 1.54) is 28.1 Å². The zero-order valence-electron chi connectivity index (χ0n) is 17.9. The Morgan fingerprint density at radius 2 is 0.938 bits per heavy atom. The molecule has 0 aromatic heterocycles. The number of rotatable bonds is 10. The quantitative estimate of drug-likeness (QED) is 0.274. The molecule has 0 saturated heterocycles. The Labute approximate surface area is 226 Å². The van der Waals surface area contributed by atoms with Crippen molar-refractivity contribution in [3.63, 3.8) is 0 Å². The molecule has 0 radical (unpaired) electrons. The first-order chi connectivity index (χ1) is 15.8. The maximum absolute atomic E-state index is 2.23. The van der Waals surface area contributed by atoms with E-state index in [1.54, 1.807) is 9.81 Å². The summed E-state index contributed by atoms with van der Waals surface area (Å²) in [6, 6.07) is 21.7. The first kappa shape index (κ1) is 25.5. The SMILES string of the molecule is CSC1=C(SC)SC(=C2SC(CSCc3ccccc3)=C(CSCc3ccccc3)S2)S1. The average molecular weight is 569 g/mol. The second-order valence-electron chi connectivity index (χ2n) is 6.77. The molecule has 2 aromatic rings. The van der Waals surface area contributed by atoms with Gasteiger partial charge in [-0.1, -0.05) is 108 Å². The predicted octanol–water partition coefficient (Wildman–Crippen LogP) is 10.0. The van der Waals surface area contributed by atoms with Gasteiger partial charge >= 0.3 is 0 Å². The number of hydrogen-bond acceptors (Lipinski definition) is 8. The van der Waals surface area contributed by atoms with Crippen LogP contribution in [0, 0.1) is 0 Å². The van der Waals surface area contributed by atoms with Gasteiger partial charge in [-0.25, -0.2) is 0 Å². The Balaban J connectivity index is 1.41. The van der Waals surface area contributed by atoms with E-state index in [0.717, 1.165) is 23.0 Å². The van der Waals surface area contributed by atoms with Crippen LogP contribution in [0.25, 0.3) is 0 Å². The molecule has 4 rings (SSSR count). The molecule has 2 heterocycles. The Morgan fingerprint density at radius 1 is 0.531 bits per heavy atom. The molecule has 0 atom stereocenters. The highest BCUT2D eigenvalue weighted by Gasteiger charge is 2.29. The summed E-state index contributed by atoms with van der Waals surface area (Å²) in [6.07, 6.45) is 4.38. The third-order valence-corrected chi connectivity index (χ3v) is 15.4. The first-order valence-electron chi connectivity index (χ1n) is 10.00. The second-order valence-corrected chi connectivity index (χ2v) is 15.7. The molecule has 32 heavy (non-hydrogen) atoms. The highest BCUT2D eigenvalue weighted by atomic mass is 32.3. The zero-order valence-corrected chi connectivity index (χ0v) is 24.4. The zero-order chi connectivity index (χ0) is 22.2. The predicted molar refractivity (Wildman–Crippen MR) is 164 cm³/mol. The number of benzene rings is 2. The molecule has 2 aliphatic rings. The molecular formula is C24H24S8. The summed E-state index contributed by atoms with van der Waals surface area (Å²) in [6.45, 7) is 0. The summed E-state index contributed by atoms with van der Waals surface area (Å²) < 4.78 is 5.87. The van der Waals surface area contributed by atoms with Crippen LogP contribution in [-0.4, -0.2) is 24.0 Å². The van der Waals surface area contributed by atoms with E-state index >= 15 is 0 Å². The van der Waals surface area contributed by atoms with Gasteiger partial charge in [-0.3, -0.25) is 0 Å². The molecule has 0 unspecified atom stereocenters. The summed E-state index contributed by atoms with van der Waals surface area (Å²) >= 11 is 15.8. The van der Waals surface area contributed by atoms with Gasteiger partial charge < -0.3 is 0 Å². The van der Waals surface area contributed by atoms with Crippen LogP contribution in [0.5, 0.6) is 0 Å². The lowest BCUT2D eigenvalue weighted by molar-refractivity contribution is 1.40. The fourth-order valence-corrected chi connectivity index (χ4v) is 13.5. The number of hydrogen-bond donors (Lipinski definition) is 0. The van der Waals surface area contributed by atoms with E-state index in [2.05, 4.69) is 73.2 Å². The van der Waals surface area contributed by atoms with Crippen LogP contribution in [0.1, 0.15) is 11.1 Å². The van der Waals surface area contributed by atoms with Crippen molar-refractivity contribution >= 4 is 94.1 Å². The van der Waals surface area contributed by atoms with E-state index < -0.39 is 0 Å². The summed E-state index contributed by atoms with van der Waals surface area (Å²) in [5, 5.41) is 0. The molecular weight excluding hydrogens is 545 g/mol. The molecule has 0 N–H and O–H groups in total. The van der Waals surface area contributed by atoms with Crippen LogP contribution in [0.15, 0.2) is 87.4 Å². The second kappa shape index (κ2) is 13.5. The van der Waals surface area contributed by atoms with Crippen molar-refractivity contribution in [3.05, 3.63) is 98.5 Å². The largest absolute Gasteiger partial charge is 0.152 e. The lowest BCUT2D eigenvalue weighted by Crippen LogP contribution is -1.90. The van der Waals surface area contributed by atoms with Gasteiger partial charge in [0.1, 0.15) is 0 Å². The summed E-state index contributed by atoms with van der Waals surface area (Å²) in [7, 11) is 0. The van der Waals surface area contributed by atoms with Gasteiger partial charge in [-0.05, 0) is 23.6 Å². The van der Waals surface area contributed by atoms with E-state index in [0.29, 0.717) is 0 Å². The van der Waals surface area contributed by atoms with E-state index in [1.807, 2.05) is 94.1 Å². The normalized spacial score (nSPS) is 16.6. The molecule has 0 fully saturated rings. The summed E-state index contributed by atoms with van der Waals surface area (Å²) in [5.41, 5.74) is 2.82. The third kappa shape index (κ3) is 7.23. The van der Waals surface area contributed by atoms with Crippen molar-refractivity contribution in [2.75, 3.05) is 24.0 Å². The molecule has 8 heteroatoms. The molecule has 2 aromatic carbocycles. The van der Waals surface area contributed by atoms with Crippen LogP contribution >= 0.6 is 94.1 Å².